The molecule has 1 aliphatic carbocycles. The predicted octanol–water partition coefficient (Wildman–Crippen LogP) is 8.18. The van der Waals surface area contributed by atoms with Gasteiger partial charge in [0.1, 0.15) is 22.4 Å². The van der Waals surface area contributed by atoms with Crippen molar-refractivity contribution in [2.45, 2.75) is 69.1 Å². The number of hydrogen-bond donors (Lipinski definition) is 6. The van der Waals surface area contributed by atoms with Gasteiger partial charge in [-0.15, -0.1) is 0 Å². The van der Waals surface area contributed by atoms with Crippen molar-refractivity contribution in [3.8, 4) is 0 Å². The van der Waals surface area contributed by atoms with Gasteiger partial charge in [-0.1, -0.05) is 24.6 Å². The Labute approximate surface area is 319 Å². The molecule has 0 aliphatic heterocycles. The summed E-state index contributed by atoms with van der Waals surface area (Å²) in [5.41, 5.74) is 5.81. The molecule has 7 N–H and O–H groups in total. The van der Waals surface area contributed by atoms with Gasteiger partial charge in [0.15, 0.2) is 5.16 Å². The van der Waals surface area contributed by atoms with Crippen LogP contribution in [0.3, 0.4) is 0 Å². The van der Waals surface area contributed by atoms with Crippen LogP contribution >= 0.6 is 11.8 Å². The third-order valence-electron chi connectivity index (χ3n) is 8.87. The Kier molecular flexibility index (Phi) is 11.6. The van der Waals surface area contributed by atoms with Crippen molar-refractivity contribution in [2.24, 2.45) is 5.73 Å². The maximum absolute atomic E-state index is 13.2. The third kappa shape index (κ3) is 9.39. The van der Waals surface area contributed by atoms with E-state index in [1.165, 1.54) is 24.2 Å². The number of alkyl halides is 6. The summed E-state index contributed by atoms with van der Waals surface area (Å²) >= 11 is 1.27. The lowest BCUT2D eigenvalue weighted by Crippen LogP contribution is -2.43. The number of anilines is 5. The summed E-state index contributed by atoms with van der Waals surface area (Å²) in [4.78, 5) is 47.0. The average Bonchev–Trinajstić information content (AvgIpc) is 3.11. The monoisotopic (exact) mass is 798 g/mol. The quantitative estimate of drug-likeness (QED) is 0.0521. The number of aromatic amines is 2. The molecule has 0 amide bonds. The Hall–Kier alpha value is -5.69. The van der Waals surface area contributed by atoms with Gasteiger partial charge in [0, 0.05) is 35.9 Å². The van der Waals surface area contributed by atoms with Gasteiger partial charge in [-0.25, -0.2) is 15.0 Å². The van der Waals surface area contributed by atoms with Crippen molar-refractivity contribution in [1.29, 1.82) is 0 Å². The van der Waals surface area contributed by atoms with Crippen LogP contribution in [0.1, 0.15) is 47.9 Å². The fraction of sp³-hybridized carbons (Fsp3) is 0.297. The van der Waals surface area contributed by atoms with Crippen molar-refractivity contribution in [2.75, 3.05) is 22.2 Å². The van der Waals surface area contributed by atoms with Crippen molar-refractivity contribution in [3.63, 3.8) is 0 Å². The van der Waals surface area contributed by atoms with Crippen LogP contribution in [0.2, 0.25) is 0 Å². The average molecular weight is 799 g/mol. The highest BCUT2D eigenvalue weighted by molar-refractivity contribution is 7.98. The van der Waals surface area contributed by atoms with E-state index in [4.69, 9.17) is 5.73 Å². The predicted molar refractivity (Wildman–Crippen MR) is 205 cm³/mol. The number of hydrogen-bond acceptors (Lipinski definition) is 11. The Morgan fingerprint density at radius 2 is 1.21 bits per heavy atom. The van der Waals surface area contributed by atoms with E-state index in [1.807, 2.05) is 0 Å². The van der Waals surface area contributed by atoms with E-state index in [9.17, 15) is 35.9 Å². The molecule has 0 radical (unpaired) electrons. The minimum absolute atomic E-state index is 0.0168. The molecule has 0 bridgehead atoms. The molecule has 2 aromatic carbocycles. The maximum atomic E-state index is 13.2. The molecule has 6 aromatic rings. The molecule has 7 rings (SSSR count). The summed E-state index contributed by atoms with van der Waals surface area (Å²) in [6.07, 6.45) is -0.399. The number of halogens is 6. The van der Waals surface area contributed by atoms with E-state index in [-0.39, 0.29) is 51.8 Å². The number of fused-ring (bicyclic) bond motifs is 2. The van der Waals surface area contributed by atoms with Crippen LogP contribution in [-0.4, -0.2) is 48.2 Å². The fourth-order valence-electron chi connectivity index (χ4n) is 6.31. The fourth-order valence-corrected chi connectivity index (χ4v) is 6.69. The van der Waals surface area contributed by atoms with Crippen LogP contribution in [0.15, 0.2) is 75.7 Å². The number of rotatable bonds is 7. The molecule has 1 fully saturated rings. The molecule has 56 heavy (non-hydrogen) atoms. The van der Waals surface area contributed by atoms with Gasteiger partial charge < -0.3 is 31.7 Å². The number of nitrogens with one attached hydrogen (secondary N) is 5. The first-order chi connectivity index (χ1) is 26.5. The molecule has 1 saturated carbocycles. The highest BCUT2D eigenvalue weighted by Crippen LogP contribution is 2.35. The van der Waals surface area contributed by atoms with Gasteiger partial charge in [-0.2, -0.15) is 31.3 Å². The van der Waals surface area contributed by atoms with E-state index in [0.717, 1.165) is 49.9 Å². The largest absolute Gasteiger partial charge is 0.416 e. The number of aryl methyl sites for hydroxylation is 2. The molecule has 0 spiro atoms. The number of nitrogens with two attached hydrogens (primary N) is 1. The van der Waals surface area contributed by atoms with E-state index in [1.54, 1.807) is 44.4 Å². The van der Waals surface area contributed by atoms with E-state index in [2.05, 4.69) is 45.9 Å². The van der Waals surface area contributed by atoms with Crippen molar-refractivity contribution in [3.05, 3.63) is 104 Å². The van der Waals surface area contributed by atoms with Crippen molar-refractivity contribution >= 4 is 62.5 Å². The van der Waals surface area contributed by atoms with Crippen molar-refractivity contribution in [1.82, 2.24) is 29.9 Å². The Morgan fingerprint density at radius 1 is 0.714 bits per heavy atom. The van der Waals surface area contributed by atoms with Crippen LogP contribution in [0.5, 0.6) is 0 Å². The normalized spacial score (nSPS) is 16.0. The van der Waals surface area contributed by atoms with E-state index in [0.29, 0.717) is 27.3 Å². The molecular weight excluding hydrogens is 763 g/mol. The zero-order chi connectivity index (χ0) is 40.4. The van der Waals surface area contributed by atoms with Crippen LogP contribution in [0.4, 0.5) is 55.3 Å². The topological polar surface area (TPSA) is 179 Å². The summed E-state index contributed by atoms with van der Waals surface area (Å²) in [7, 11) is 0. The molecule has 2 atom stereocenters. The van der Waals surface area contributed by atoms with Gasteiger partial charge in [-0.05, 0) is 92.6 Å². The molecule has 294 valence electrons. The zero-order valence-electron chi connectivity index (χ0n) is 30.1. The summed E-state index contributed by atoms with van der Waals surface area (Å²) in [6, 6.07) is 10.4. The van der Waals surface area contributed by atoms with Gasteiger partial charge in [-0.3, -0.25) is 9.59 Å². The number of H-pyrrole nitrogens is 2. The summed E-state index contributed by atoms with van der Waals surface area (Å²) < 4.78 is 78.7. The second-order valence-electron chi connectivity index (χ2n) is 13.2. The number of benzene rings is 2. The lowest BCUT2D eigenvalue weighted by molar-refractivity contribution is -0.138. The minimum atomic E-state index is -4.49. The second kappa shape index (κ2) is 16.2. The highest BCUT2D eigenvalue weighted by Gasteiger charge is 2.32. The second-order valence-corrected chi connectivity index (χ2v) is 14.0. The highest BCUT2D eigenvalue weighted by atomic mass is 32.2. The van der Waals surface area contributed by atoms with Gasteiger partial charge in [0.05, 0.1) is 22.2 Å². The molecule has 0 unspecified atom stereocenters. The Balaban J connectivity index is 0.000000194. The smallest absolute Gasteiger partial charge is 0.350 e. The minimum Gasteiger partial charge on any atom is -0.350 e. The number of nitrogens with zero attached hydrogens (tertiary/aromatic N) is 4. The lowest BCUT2D eigenvalue weighted by atomic mass is 9.91. The van der Waals surface area contributed by atoms with E-state index < -0.39 is 34.6 Å². The summed E-state index contributed by atoms with van der Waals surface area (Å²) in [5.74, 6) is 0.555. The zero-order valence-corrected chi connectivity index (χ0v) is 30.9. The first-order valence-corrected chi connectivity index (χ1v) is 18.5. The molecule has 4 heterocycles. The van der Waals surface area contributed by atoms with Gasteiger partial charge in [0.25, 0.3) is 11.1 Å². The molecule has 1 aliphatic rings. The summed E-state index contributed by atoms with van der Waals surface area (Å²) in [5, 5.41) is 9.71. The number of pyridine rings is 2. The van der Waals surface area contributed by atoms with Crippen LogP contribution in [0, 0.1) is 13.8 Å². The van der Waals surface area contributed by atoms with Crippen LogP contribution < -0.4 is 32.8 Å². The molecule has 4 aromatic heterocycles. The Morgan fingerprint density at radius 3 is 1.71 bits per heavy atom. The number of aromatic nitrogens is 6. The van der Waals surface area contributed by atoms with Crippen LogP contribution in [-0.2, 0) is 12.4 Å². The molecule has 19 heteroatoms. The maximum Gasteiger partial charge on any atom is 0.416 e. The van der Waals surface area contributed by atoms with Crippen LogP contribution in [0.25, 0.3) is 21.8 Å². The van der Waals surface area contributed by atoms with Gasteiger partial charge >= 0.3 is 12.4 Å². The first-order valence-electron chi connectivity index (χ1n) is 17.3. The van der Waals surface area contributed by atoms with Crippen molar-refractivity contribution < 1.29 is 26.3 Å². The van der Waals surface area contributed by atoms with E-state index >= 15 is 0 Å². The standard InChI is InChI=1S/C21H23F3N6O.C16H13F3N4OS/c1-11-8-12(21(22,23)24)10-13(9-11)27-18-17-16(6-7-26-19(17)31)29-20(30-18)28-15-5-3-2-4-14(15)25;1-8-5-9(16(17,18)19)7-10(6-8)21-13-12-11(3-4-20-14(12)24)22-15(23-13)25-2/h6-10,14-15H,2-5,25H2,1H3,(H,26,31)(H2,27,28,29,30);3-7H,1-2H3,(H,20,24)(H,21,22,23)/t14-,15-;/m1./s1. The lowest BCUT2D eigenvalue weighted by Gasteiger charge is -2.29. The molecule has 0 saturated heterocycles. The summed E-state index contributed by atoms with van der Waals surface area (Å²) in [6.45, 7) is 3.14. The van der Waals surface area contributed by atoms with Gasteiger partial charge in [0.2, 0.25) is 5.95 Å². The molecule has 12 nitrogen and oxygen atoms in total. The Bertz CT molecular complexity index is 2510. The number of thioether (sulfide) groups is 1. The molecular formula is C37H36F6N10O2S. The SMILES string of the molecule is CSc1nc(Nc2cc(C)cc(C(F)(F)F)c2)c2c(=O)[nH]ccc2n1.Cc1cc(Nc2nc(N[C@@H]3CCCC[C@H]3N)nc3cc[nH]c(=O)c23)cc(C(F)(F)F)c1. The third-order valence-corrected chi connectivity index (χ3v) is 9.42. The first kappa shape index (κ1) is 40.0.